The maximum atomic E-state index is 14.1. The first-order valence-electron chi connectivity index (χ1n) is 12.1. The van der Waals surface area contributed by atoms with E-state index in [1.54, 1.807) is 16.8 Å². The summed E-state index contributed by atoms with van der Waals surface area (Å²) in [5, 5.41) is 4.39. The predicted molar refractivity (Wildman–Crippen MR) is 143 cm³/mol. The maximum absolute atomic E-state index is 14.1. The van der Waals surface area contributed by atoms with Crippen molar-refractivity contribution in [1.29, 1.82) is 0 Å². The molecule has 0 radical (unpaired) electrons. The number of benzene rings is 3. The molecule has 6 heteroatoms. The zero-order valence-electron chi connectivity index (χ0n) is 20.4. The maximum Gasteiger partial charge on any atom is 0.263 e. The van der Waals surface area contributed by atoms with Crippen molar-refractivity contribution < 1.29 is 4.79 Å². The van der Waals surface area contributed by atoms with E-state index < -0.39 is 0 Å². The van der Waals surface area contributed by atoms with Crippen molar-refractivity contribution in [3.8, 4) is 5.69 Å². The van der Waals surface area contributed by atoms with Crippen LogP contribution in [0.2, 0.25) is 0 Å². The number of nitrogens with zero attached hydrogens (tertiary/aromatic N) is 3. The molecule has 0 unspecified atom stereocenters. The number of para-hydroxylation sites is 1. The summed E-state index contributed by atoms with van der Waals surface area (Å²) in [5.41, 5.74) is 2.71. The number of imidazole rings is 1. The molecule has 1 N–H and O–H groups in total. The number of nitrogens with one attached hydrogen (secondary N) is 1. The van der Waals surface area contributed by atoms with E-state index in [1.165, 1.54) is 0 Å². The van der Waals surface area contributed by atoms with Gasteiger partial charge in [0, 0.05) is 28.9 Å². The number of hydrogen-bond donors (Lipinski definition) is 1. The van der Waals surface area contributed by atoms with Crippen molar-refractivity contribution in [2.24, 2.45) is 0 Å². The smallest absolute Gasteiger partial charge is 0.263 e. The largest absolute Gasteiger partial charge is 0.345 e. The van der Waals surface area contributed by atoms with Gasteiger partial charge in [-0.25, -0.2) is 4.98 Å². The van der Waals surface area contributed by atoms with Crippen molar-refractivity contribution in [2.75, 3.05) is 0 Å². The number of hydrogen-bond acceptors (Lipinski definition) is 3. The van der Waals surface area contributed by atoms with Crippen LogP contribution in [0.25, 0.3) is 16.5 Å². The number of fused-ring (bicyclic) bond motifs is 1. The van der Waals surface area contributed by atoms with E-state index in [4.69, 9.17) is 0 Å². The molecule has 180 valence electrons. The first-order chi connectivity index (χ1) is 17.6. The number of aromatic nitrogens is 3. The molecule has 0 aliphatic rings. The molecule has 0 aliphatic heterocycles. The van der Waals surface area contributed by atoms with Gasteiger partial charge in [0.05, 0.1) is 23.8 Å². The third-order valence-corrected chi connectivity index (χ3v) is 6.59. The summed E-state index contributed by atoms with van der Waals surface area (Å²) in [6, 6.07) is 26.6. The van der Waals surface area contributed by atoms with Crippen molar-refractivity contribution in [3.05, 3.63) is 130 Å². The Balaban J connectivity index is 1.76. The van der Waals surface area contributed by atoms with Crippen LogP contribution in [0.3, 0.4) is 0 Å². The zero-order valence-corrected chi connectivity index (χ0v) is 20.4. The van der Waals surface area contributed by atoms with Gasteiger partial charge in [0.2, 0.25) is 0 Å². The number of pyridine rings is 1. The summed E-state index contributed by atoms with van der Waals surface area (Å²) in [6.07, 6.45) is 4.33. The van der Waals surface area contributed by atoms with Crippen LogP contribution < -0.4 is 10.9 Å². The van der Waals surface area contributed by atoms with Gasteiger partial charge in [-0.2, -0.15) is 0 Å². The van der Waals surface area contributed by atoms with Gasteiger partial charge in [-0.3, -0.25) is 14.2 Å². The fraction of sp³-hybridized carbons (Fsp3) is 0.167. The summed E-state index contributed by atoms with van der Waals surface area (Å²) in [5.74, 6) is 0.594. The second-order valence-electron chi connectivity index (χ2n) is 8.79. The number of aryl methyl sites for hydroxylation is 1. The molecule has 0 aliphatic carbocycles. The Bertz CT molecular complexity index is 1570. The van der Waals surface area contributed by atoms with Crippen LogP contribution in [0, 0.1) is 6.92 Å². The quantitative estimate of drug-likeness (QED) is 0.341. The van der Waals surface area contributed by atoms with Gasteiger partial charge in [-0.1, -0.05) is 73.7 Å². The normalized spacial score (nSPS) is 11.9. The Morgan fingerprint density at radius 1 is 0.917 bits per heavy atom. The molecule has 0 fully saturated rings. The summed E-state index contributed by atoms with van der Waals surface area (Å²) in [6.45, 7) is 4.29. The van der Waals surface area contributed by atoms with E-state index in [9.17, 15) is 9.59 Å². The number of amides is 1. The minimum Gasteiger partial charge on any atom is -0.345 e. The first kappa shape index (κ1) is 23.3. The van der Waals surface area contributed by atoms with Crippen LogP contribution in [0.4, 0.5) is 0 Å². The third-order valence-electron chi connectivity index (χ3n) is 6.59. The molecule has 2 heterocycles. The molecule has 0 bridgehead atoms. The lowest BCUT2D eigenvalue weighted by molar-refractivity contribution is 0.0935. The van der Waals surface area contributed by atoms with E-state index in [0.717, 1.165) is 17.8 Å². The van der Waals surface area contributed by atoms with E-state index in [2.05, 4.69) is 17.2 Å². The highest BCUT2D eigenvalue weighted by Gasteiger charge is 2.25. The lowest BCUT2D eigenvalue weighted by atomic mass is 9.99. The second-order valence-corrected chi connectivity index (χ2v) is 8.79. The molecule has 3 aromatic carbocycles. The van der Waals surface area contributed by atoms with Crippen LogP contribution in [0.1, 0.15) is 46.8 Å². The Morgan fingerprint density at radius 3 is 2.19 bits per heavy atom. The molecular formula is C30H28N4O2. The molecule has 5 rings (SSSR count). The fourth-order valence-electron chi connectivity index (χ4n) is 4.72. The second kappa shape index (κ2) is 10.0. The molecule has 1 atom stereocenters. The number of rotatable bonds is 7. The number of carbonyl (C=O) groups is 1. The monoisotopic (exact) mass is 476 g/mol. The Hall–Kier alpha value is -4.45. The molecule has 0 saturated carbocycles. The lowest BCUT2D eigenvalue weighted by Crippen LogP contribution is -2.33. The van der Waals surface area contributed by atoms with Gasteiger partial charge in [0.25, 0.3) is 11.5 Å². The van der Waals surface area contributed by atoms with Gasteiger partial charge in [0.15, 0.2) is 0 Å². The average molecular weight is 477 g/mol. The zero-order chi connectivity index (χ0) is 25.1. The van der Waals surface area contributed by atoms with Crippen molar-refractivity contribution in [3.63, 3.8) is 0 Å². The molecule has 6 nitrogen and oxygen atoms in total. The molecule has 5 aromatic rings. The van der Waals surface area contributed by atoms with E-state index >= 15 is 0 Å². The van der Waals surface area contributed by atoms with E-state index in [0.29, 0.717) is 34.3 Å². The highest BCUT2D eigenvalue weighted by atomic mass is 16.2. The summed E-state index contributed by atoms with van der Waals surface area (Å²) < 4.78 is 3.62. The van der Waals surface area contributed by atoms with E-state index in [1.807, 2.05) is 96.6 Å². The third kappa shape index (κ3) is 4.33. The lowest BCUT2D eigenvalue weighted by Gasteiger charge is -2.23. The molecule has 0 saturated heterocycles. The highest BCUT2D eigenvalue weighted by molar-refractivity contribution is 6.08. The minimum absolute atomic E-state index is 0.155. The highest BCUT2D eigenvalue weighted by Crippen LogP contribution is 2.25. The van der Waals surface area contributed by atoms with Crippen LogP contribution in [-0.2, 0) is 6.54 Å². The fourth-order valence-corrected chi connectivity index (χ4v) is 4.72. The Morgan fingerprint density at radius 2 is 1.56 bits per heavy atom. The molecule has 2 aromatic heterocycles. The molecule has 1 amide bonds. The van der Waals surface area contributed by atoms with Crippen LogP contribution in [0.5, 0.6) is 0 Å². The molecule has 36 heavy (non-hydrogen) atoms. The standard InChI is InChI=1S/C30H28N4O2/c1-3-26(22-12-6-4-7-13-22)32-29(35)28-24-16-10-11-17-25(24)30(36)34(23-14-8-5-9-15-23)27(28)20-33-19-18-31-21(33)2/h4-19,26H,3,20H2,1-2H3,(H,32,35)/t26-/m0/s1. The predicted octanol–water partition coefficient (Wildman–Crippen LogP) is 5.43. The summed E-state index contributed by atoms with van der Waals surface area (Å²) in [4.78, 5) is 32.3. The van der Waals surface area contributed by atoms with Gasteiger partial charge in [-0.05, 0) is 37.1 Å². The van der Waals surface area contributed by atoms with Gasteiger partial charge in [0.1, 0.15) is 5.82 Å². The van der Waals surface area contributed by atoms with Crippen LogP contribution in [0.15, 0.2) is 102 Å². The molecule has 0 spiro atoms. The average Bonchev–Trinajstić information content (AvgIpc) is 3.32. The topological polar surface area (TPSA) is 68.9 Å². The van der Waals surface area contributed by atoms with Crippen LogP contribution in [-0.4, -0.2) is 20.0 Å². The first-order valence-corrected chi connectivity index (χ1v) is 12.1. The van der Waals surface area contributed by atoms with Gasteiger partial charge >= 0.3 is 0 Å². The summed E-state index contributed by atoms with van der Waals surface area (Å²) >= 11 is 0. The Kier molecular flexibility index (Phi) is 6.50. The van der Waals surface area contributed by atoms with Gasteiger partial charge in [-0.15, -0.1) is 0 Å². The van der Waals surface area contributed by atoms with Gasteiger partial charge < -0.3 is 9.88 Å². The SMILES string of the molecule is CC[C@H](NC(=O)c1c(Cn2ccnc2C)n(-c2ccccc2)c(=O)c2ccccc12)c1ccccc1. The molecular weight excluding hydrogens is 448 g/mol. The van der Waals surface area contributed by atoms with Crippen molar-refractivity contribution in [2.45, 2.75) is 32.9 Å². The van der Waals surface area contributed by atoms with Crippen LogP contribution >= 0.6 is 0 Å². The van der Waals surface area contributed by atoms with Crippen molar-refractivity contribution in [1.82, 2.24) is 19.4 Å². The minimum atomic E-state index is -0.209. The number of carbonyl (C=O) groups excluding carboxylic acids is 1. The summed E-state index contributed by atoms with van der Waals surface area (Å²) in [7, 11) is 0. The Labute approximate surface area is 209 Å². The van der Waals surface area contributed by atoms with Crippen molar-refractivity contribution >= 4 is 16.7 Å². The van der Waals surface area contributed by atoms with E-state index in [-0.39, 0.29) is 17.5 Å².